The molecule has 11 rings (SSSR count). The van der Waals surface area contributed by atoms with E-state index in [1.165, 1.54) is 85.2 Å². The molecule has 2 aliphatic rings. The second-order valence-corrected chi connectivity index (χ2v) is 15.0. The third-order valence-electron chi connectivity index (χ3n) is 10.5. The maximum absolute atomic E-state index is 3.77. The number of anilines is 2. The second kappa shape index (κ2) is 9.77. The van der Waals surface area contributed by atoms with E-state index in [-0.39, 0.29) is 5.41 Å². The fraction of sp³-hybridized carbons (Fsp3) is 0.0222. The fourth-order valence-electron chi connectivity index (χ4n) is 8.53. The van der Waals surface area contributed by atoms with E-state index in [0.717, 1.165) is 11.4 Å². The van der Waals surface area contributed by atoms with Gasteiger partial charge in [0.05, 0.1) is 14.8 Å². The van der Waals surface area contributed by atoms with E-state index in [1.54, 1.807) is 0 Å². The van der Waals surface area contributed by atoms with E-state index >= 15 is 0 Å². The highest BCUT2D eigenvalue weighted by molar-refractivity contribution is 7.36. The van der Waals surface area contributed by atoms with Crippen LogP contribution in [0.5, 0.6) is 0 Å². The van der Waals surface area contributed by atoms with Crippen LogP contribution in [0.3, 0.4) is 0 Å². The van der Waals surface area contributed by atoms with Gasteiger partial charge in [0.1, 0.15) is 0 Å². The molecule has 2 aliphatic carbocycles. The Hall–Kier alpha value is -5.48. The van der Waals surface area contributed by atoms with E-state index in [0.29, 0.717) is 0 Å². The van der Waals surface area contributed by atoms with Gasteiger partial charge in [-0.15, -0.1) is 22.7 Å². The first-order valence-electron chi connectivity index (χ1n) is 16.4. The van der Waals surface area contributed by atoms with Gasteiger partial charge in [0.2, 0.25) is 0 Å². The zero-order valence-corrected chi connectivity index (χ0v) is 27.5. The maximum Gasteiger partial charge on any atom is 0.0726 e. The summed E-state index contributed by atoms with van der Waals surface area (Å²) < 4.78 is 5.54. The van der Waals surface area contributed by atoms with Crippen molar-refractivity contribution in [3.8, 4) is 33.4 Å². The lowest BCUT2D eigenvalue weighted by atomic mass is 9.70. The molecule has 0 saturated carbocycles. The van der Waals surface area contributed by atoms with Crippen molar-refractivity contribution >= 4 is 63.6 Å². The average Bonchev–Trinajstić information content (AvgIpc) is 3.86. The van der Waals surface area contributed by atoms with E-state index in [4.69, 9.17) is 0 Å². The van der Waals surface area contributed by atoms with E-state index in [1.807, 2.05) is 22.7 Å². The molecule has 2 heterocycles. The SMILES string of the molecule is c1ccc2c(c1)-c1ccccc1C21c2ccccc2-c2ccc(Nc3ccc(-c4cccc5c4sc4c6ccccc6sc54)cc3)cc21. The molecule has 0 fully saturated rings. The molecular formula is C45H27NS2. The number of benzene rings is 7. The quantitative estimate of drug-likeness (QED) is 0.202. The zero-order chi connectivity index (χ0) is 31.4. The number of thiophene rings is 2. The normalized spacial score (nSPS) is 13.6. The molecule has 0 amide bonds. The van der Waals surface area contributed by atoms with Crippen molar-refractivity contribution < 1.29 is 0 Å². The molecule has 0 radical (unpaired) electrons. The van der Waals surface area contributed by atoms with Gasteiger partial charge in [0, 0.05) is 31.5 Å². The zero-order valence-electron chi connectivity index (χ0n) is 25.8. The molecule has 2 aromatic heterocycles. The Bertz CT molecular complexity index is 2700. The van der Waals surface area contributed by atoms with E-state index in [2.05, 4.69) is 163 Å². The van der Waals surface area contributed by atoms with Gasteiger partial charge in [-0.25, -0.2) is 0 Å². The van der Waals surface area contributed by atoms with Crippen LogP contribution in [-0.4, -0.2) is 0 Å². The third-order valence-corrected chi connectivity index (χ3v) is 13.1. The summed E-state index contributed by atoms with van der Waals surface area (Å²) in [6.45, 7) is 0. The summed E-state index contributed by atoms with van der Waals surface area (Å²) in [4.78, 5) is 0. The van der Waals surface area contributed by atoms with Crippen LogP contribution in [0.25, 0.3) is 63.0 Å². The number of nitrogens with one attached hydrogen (secondary N) is 1. The van der Waals surface area contributed by atoms with Crippen LogP contribution in [0.4, 0.5) is 11.4 Å². The van der Waals surface area contributed by atoms with Crippen LogP contribution < -0.4 is 5.32 Å². The molecule has 1 spiro atoms. The van der Waals surface area contributed by atoms with Gasteiger partial charge in [-0.3, -0.25) is 0 Å². The third kappa shape index (κ3) is 3.45. The van der Waals surface area contributed by atoms with Crippen molar-refractivity contribution in [3.05, 3.63) is 180 Å². The highest BCUT2D eigenvalue weighted by Gasteiger charge is 2.51. The Kier molecular flexibility index (Phi) is 5.41. The molecule has 48 heavy (non-hydrogen) atoms. The number of hydrogen-bond acceptors (Lipinski definition) is 3. The highest BCUT2D eigenvalue weighted by atomic mass is 32.1. The molecule has 1 N–H and O–H groups in total. The van der Waals surface area contributed by atoms with Gasteiger partial charge in [0.15, 0.2) is 0 Å². The maximum atomic E-state index is 3.77. The minimum atomic E-state index is -0.334. The largest absolute Gasteiger partial charge is 0.356 e. The van der Waals surface area contributed by atoms with Gasteiger partial charge in [-0.2, -0.15) is 0 Å². The summed E-state index contributed by atoms with van der Waals surface area (Å²) in [6.07, 6.45) is 0. The van der Waals surface area contributed by atoms with Gasteiger partial charge >= 0.3 is 0 Å². The smallest absolute Gasteiger partial charge is 0.0726 e. The summed E-state index contributed by atoms with van der Waals surface area (Å²) in [5.41, 5.74) is 15.2. The van der Waals surface area contributed by atoms with E-state index < -0.39 is 0 Å². The lowest BCUT2D eigenvalue weighted by Crippen LogP contribution is -2.25. The van der Waals surface area contributed by atoms with E-state index in [9.17, 15) is 0 Å². The van der Waals surface area contributed by atoms with Crippen LogP contribution in [0, 0.1) is 0 Å². The number of fused-ring (bicyclic) bond motifs is 15. The Labute approximate surface area is 286 Å². The van der Waals surface area contributed by atoms with Gasteiger partial charge in [0.25, 0.3) is 0 Å². The standard InChI is InChI=1S/C45H27NS2/c1-5-16-37-31(10-1)32-11-2-6-17-38(32)45(37)39-18-7-3-12-33(39)34-25-24-29(26-40(34)45)46-28-22-20-27(21-23-28)30-14-9-15-36-42(30)48-43-35-13-4-8-19-41(35)47-44(36)43/h1-26,46H. The predicted octanol–water partition coefficient (Wildman–Crippen LogP) is 13.0. The molecule has 0 bridgehead atoms. The number of hydrogen-bond donors (Lipinski definition) is 1. The predicted molar refractivity (Wildman–Crippen MR) is 206 cm³/mol. The monoisotopic (exact) mass is 645 g/mol. The Morgan fingerprint density at radius 2 is 0.917 bits per heavy atom. The summed E-state index contributed by atoms with van der Waals surface area (Å²) >= 11 is 3.84. The molecular weight excluding hydrogens is 619 g/mol. The molecule has 3 heteroatoms. The summed E-state index contributed by atoms with van der Waals surface area (Å²) in [5.74, 6) is 0. The molecule has 0 saturated heterocycles. The first kappa shape index (κ1) is 26.6. The van der Waals surface area contributed by atoms with Crippen molar-refractivity contribution in [2.24, 2.45) is 0 Å². The molecule has 1 nitrogen and oxygen atoms in total. The van der Waals surface area contributed by atoms with Gasteiger partial charge in [-0.1, -0.05) is 127 Å². The van der Waals surface area contributed by atoms with Crippen molar-refractivity contribution in [1.29, 1.82) is 0 Å². The molecule has 9 aromatic rings. The number of rotatable bonds is 3. The van der Waals surface area contributed by atoms with Crippen molar-refractivity contribution in [2.75, 3.05) is 5.32 Å². The fourth-order valence-corrected chi connectivity index (χ4v) is 11.3. The Balaban J connectivity index is 0.999. The Morgan fingerprint density at radius 3 is 1.62 bits per heavy atom. The van der Waals surface area contributed by atoms with Crippen molar-refractivity contribution in [3.63, 3.8) is 0 Å². The van der Waals surface area contributed by atoms with Crippen molar-refractivity contribution in [1.82, 2.24) is 0 Å². The molecule has 7 aromatic carbocycles. The average molecular weight is 646 g/mol. The van der Waals surface area contributed by atoms with Crippen LogP contribution in [0.2, 0.25) is 0 Å². The highest BCUT2D eigenvalue weighted by Crippen LogP contribution is 2.63. The first-order valence-corrected chi connectivity index (χ1v) is 18.1. The van der Waals surface area contributed by atoms with Crippen molar-refractivity contribution in [2.45, 2.75) is 5.41 Å². The molecule has 0 atom stereocenters. The minimum Gasteiger partial charge on any atom is -0.356 e. The molecule has 0 unspecified atom stereocenters. The van der Waals surface area contributed by atoms with Gasteiger partial charge in [-0.05, 0) is 86.0 Å². The molecule has 224 valence electrons. The topological polar surface area (TPSA) is 12.0 Å². The minimum absolute atomic E-state index is 0.334. The Morgan fingerprint density at radius 1 is 0.375 bits per heavy atom. The first-order chi connectivity index (χ1) is 23.8. The van der Waals surface area contributed by atoms with Crippen LogP contribution in [0.15, 0.2) is 158 Å². The lowest BCUT2D eigenvalue weighted by Gasteiger charge is -2.30. The lowest BCUT2D eigenvalue weighted by molar-refractivity contribution is 0.794. The van der Waals surface area contributed by atoms with Crippen LogP contribution in [0.1, 0.15) is 22.3 Å². The summed E-state index contributed by atoms with van der Waals surface area (Å²) in [7, 11) is 0. The summed E-state index contributed by atoms with van der Waals surface area (Å²) in [5, 5.41) is 6.50. The summed E-state index contributed by atoms with van der Waals surface area (Å²) in [6, 6.07) is 58.4. The second-order valence-electron chi connectivity index (χ2n) is 12.9. The van der Waals surface area contributed by atoms with Crippen LogP contribution in [-0.2, 0) is 5.41 Å². The molecule has 0 aliphatic heterocycles. The van der Waals surface area contributed by atoms with Gasteiger partial charge < -0.3 is 5.32 Å². The van der Waals surface area contributed by atoms with Crippen LogP contribution >= 0.6 is 22.7 Å².